The van der Waals surface area contributed by atoms with Gasteiger partial charge in [-0.05, 0) is 50.6 Å². The summed E-state index contributed by atoms with van der Waals surface area (Å²) in [4.78, 5) is 4.71. The van der Waals surface area contributed by atoms with E-state index in [9.17, 15) is 5.11 Å². The highest BCUT2D eigenvalue weighted by Gasteiger charge is 2.20. The van der Waals surface area contributed by atoms with Crippen LogP contribution < -0.4 is 4.90 Å². The number of nitrogens with zero attached hydrogens (tertiary/aromatic N) is 2. The Morgan fingerprint density at radius 3 is 2.56 bits per heavy atom. The Hall–Kier alpha value is -1.06. The molecule has 1 saturated heterocycles. The predicted molar refractivity (Wildman–Crippen MR) is 75.9 cm³/mol. The minimum absolute atomic E-state index is 0.382. The van der Waals surface area contributed by atoms with Crippen molar-refractivity contribution >= 4 is 5.69 Å². The average molecular weight is 248 g/mol. The summed E-state index contributed by atoms with van der Waals surface area (Å²) in [5, 5.41) is 9.49. The van der Waals surface area contributed by atoms with Crippen molar-refractivity contribution in [2.45, 2.75) is 19.4 Å². The van der Waals surface area contributed by atoms with E-state index >= 15 is 0 Å². The van der Waals surface area contributed by atoms with Crippen LogP contribution in [0.2, 0.25) is 0 Å². The van der Waals surface area contributed by atoms with Gasteiger partial charge < -0.3 is 14.9 Å². The first-order valence-electron chi connectivity index (χ1n) is 6.74. The van der Waals surface area contributed by atoms with E-state index in [2.05, 4.69) is 36.0 Å². The van der Waals surface area contributed by atoms with Crippen molar-refractivity contribution in [3.8, 4) is 0 Å². The molecule has 0 amide bonds. The molecule has 1 fully saturated rings. The molecule has 0 aromatic heterocycles. The van der Waals surface area contributed by atoms with Crippen LogP contribution in [0.4, 0.5) is 5.69 Å². The first-order chi connectivity index (χ1) is 8.56. The maximum Gasteiger partial charge on any atom is 0.0761 e. The van der Waals surface area contributed by atoms with Crippen molar-refractivity contribution in [3.63, 3.8) is 0 Å². The van der Waals surface area contributed by atoms with Crippen LogP contribution >= 0.6 is 0 Å². The molecule has 0 spiro atoms. The molecule has 0 aliphatic carbocycles. The van der Waals surface area contributed by atoms with Gasteiger partial charge in [-0.3, -0.25) is 0 Å². The van der Waals surface area contributed by atoms with Crippen LogP contribution in [0.15, 0.2) is 24.3 Å². The smallest absolute Gasteiger partial charge is 0.0761 e. The summed E-state index contributed by atoms with van der Waals surface area (Å²) in [5.41, 5.74) is 2.21. The quantitative estimate of drug-likeness (QED) is 0.884. The zero-order valence-corrected chi connectivity index (χ0v) is 11.6. The van der Waals surface area contributed by atoms with Gasteiger partial charge in [-0.2, -0.15) is 0 Å². The lowest BCUT2D eigenvalue weighted by molar-refractivity contribution is 0.199. The molecule has 1 N–H and O–H groups in total. The first kappa shape index (κ1) is 13.4. The largest absolute Gasteiger partial charge is 0.389 e. The van der Waals surface area contributed by atoms with Crippen LogP contribution in [0, 0.1) is 5.92 Å². The number of anilines is 1. The summed E-state index contributed by atoms with van der Waals surface area (Å²) >= 11 is 0. The summed E-state index contributed by atoms with van der Waals surface area (Å²) in [5.74, 6) is 0.774. The maximum absolute atomic E-state index is 9.49. The molecule has 1 aliphatic heterocycles. The molecule has 2 rings (SSSR count). The number of hydrogen-bond donors (Lipinski definition) is 1. The highest BCUT2D eigenvalue weighted by Crippen LogP contribution is 2.21. The van der Waals surface area contributed by atoms with E-state index in [-0.39, 0.29) is 6.10 Å². The van der Waals surface area contributed by atoms with Gasteiger partial charge in [-0.25, -0.2) is 0 Å². The van der Waals surface area contributed by atoms with Gasteiger partial charge in [-0.15, -0.1) is 0 Å². The highest BCUT2D eigenvalue weighted by atomic mass is 16.3. The van der Waals surface area contributed by atoms with Gasteiger partial charge in [0.1, 0.15) is 0 Å². The molecule has 3 nitrogen and oxygen atoms in total. The zero-order valence-electron chi connectivity index (χ0n) is 11.6. The number of aliphatic hydroxyl groups is 1. The summed E-state index contributed by atoms with van der Waals surface area (Å²) in [7, 11) is 4.34. The molecule has 1 aliphatic rings. The molecular weight excluding hydrogens is 224 g/mol. The topological polar surface area (TPSA) is 26.7 Å². The molecule has 100 valence electrons. The lowest BCUT2D eigenvalue weighted by atomic mass is 10.1. The summed E-state index contributed by atoms with van der Waals surface area (Å²) in [6, 6.07) is 8.22. The van der Waals surface area contributed by atoms with Crippen LogP contribution in [0.5, 0.6) is 0 Å². The monoisotopic (exact) mass is 248 g/mol. The second-order valence-corrected chi connectivity index (χ2v) is 5.56. The van der Waals surface area contributed by atoms with Crippen LogP contribution in [0.1, 0.15) is 25.0 Å². The third-order valence-corrected chi connectivity index (χ3v) is 3.84. The van der Waals surface area contributed by atoms with Crippen molar-refractivity contribution in [2.75, 3.05) is 38.6 Å². The number of likely N-dealkylation sites (tertiary alicyclic amines) is 1. The minimum atomic E-state index is -0.382. The second kappa shape index (κ2) is 5.72. The molecule has 0 saturated carbocycles. The van der Waals surface area contributed by atoms with Gasteiger partial charge in [0.15, 0.2) is 0 Å². The molecule has 2 atom stereocenters. The van der Waals surface area contributed by atoms with E-state index in [0.717, 1.165) is 18.0 Å². The van der Waals surface area contributed by atoms with Gasteiger partial charge >= 0.3 is 0 Å². The van der Waals surface area contributed by atoms with Gasteiger partial charge in [0, 0.05) is 25.8 Å². The lowest BCUT2D eigenvalue weighted by Crippen LogP contribution is -2.27. The van der Waals surface area contributed by atoms with E-state index in [4.69, 9.17) is 0 Å². The van der Waals surface area contributed by atoms with Crippen molar-refractivity contribution in [1.82, 2.24) is 4.90 Å². The van der Waals surface area contributed by atoms with Crippen LogP contribution in [0.25, 0.3) is 0 Å². The van der Waals surface area contributed by atoms with Gasteiger partial charge in [-0.1, -0.05) is 12.1 Å². The molecule has 0 radical (unpaired) electrons. The fourth-order valence-electron chi connectivity index (χ4n) is 2.68. The Balaban J connectivity index is 1.94. The van der Waals surface area contributed by atoms with E-state index in [1.54, 1.807) is 6.92 Å². The predicted octanol–water partition coefficient (Wildman–Crippen LogP) is 2.13. The zero-order chi connectivity index (χ0) is 13.1. The summed E-state index contributed by atoms with van der Waals surface area (Å²) in [6.45, 7) is 5.33. The number of aliphatic hydroxyl groups excluding tert-OH is 1. The van der Waals surface area contributed by atoms with E-state index < -0.39 is 0 Å². The molecule has 1 aromatic carbocycles. The van der Waals surface area contributed by atoms with Crippen LogP contribution in [-0.2, 0) is 0 Å². The lowest BCUT2D eigenvalue weighted by Gasteiger charge is -2.23. The third kappa shape index (κ3) is 3.24. The van der Waals surface area contributed by atoms with Gasteiger partial charge in [0.05, 0.1) is 6.10 Å². The Kier molecular flexibility index (Phi) is 4.25. The Labute approximate surface area is 110 Å². The van der Waals surface area contributed by atoms with Crippen molar-refractivity contribution < 1.29 is 5.11 Å². The highest BCUT2D eigenvalue weighted by molar-refractivity contribution is 5.47. The molecule has 1 aromatic rings. The fraction of sp³-hybridized carbons (Fsp3) is 0.600. The summed E-state index contributed by atoms with van der Waals surface area (Å²) < 4.78 is 0. The van der Waals surface area contributed by atoms with Gasteiger partial charge in [0.25, 0.3) is 0 Å². The first-order valence-corrected chi connectivity index (χ1v) is 6.74. The van der Waals surface area contributed by atoms with E-state index in [0.29, 0.717) is 0 Å². The second-order valence-electron chi connectivity index (χ2n) is 5.56. The molecule has 3 heteroatoms. The van der Waals surface area contributed by atoms with Crippen molar-refractivity contribution in [2.24, 2.45) is 5.92 Å². The van der Waals surface area contributed by atoms with E-state index in [1.165, 1.54) is 25.2 Å². The number of rotatable bonds is 4. The molecule has 1 unspecified atom stereocenters. The third-order valence-electron chi connectivity index (χ3n) is 3.84. The number of benzene rings is 1. The van der Waals surface area contributed by atoms with E-state index in [1.807, 2.05) is 12.1 Å². The fourth-order valence-corrected chi connectivity index (χ4v) is 2.68. The number of hydrogen-bond acceptors (Lipinski definition) is 3. The Morgan fingerprint density at radius 2 is 2.06 bits per heavy atom. The minimum Gasteiger partial charge on any atom is -0.389 e. The average Bonchev–Trinajstić information content (AvgIpc) is 2.75. The SMILES string of the molecule is C[C@H](O)c1ccc(N(C)CC2CCN(C)C2)cc1. The molecule has 0 bridgehead atoms. The standard InChI is InChI=1S/C15H24N2O/c1-12(18)14-4-6-15(7-5-14)17(3)11-13-8-9-16(2)10-13/h4-7,12-13,18H,8-11H2,1-3H3/t12-,13?/m0/s1. The molecule has 1 heterocycles. The van der Waals surface area contributed by atoms with Gasteiger partial charge in [0.2, 0.25) is 0 Å². The molecule has 18 heavy (non-hydrogen) atoms. The van der Waals surface area contributed by atoms with Crippen molar-refractivity contribution in [3.05, 3.63) is 29.8 Å². The van der Waals surface area contributed by atoms with Crippen LogP contribution in [-0.4, -0.2) is 43.7 Å². The Bertz CT molecular complexity index is 375. The molecular formula is C15H24N2O. The maximum atomic E-state index is 9.49. The van der Waals surface area contributed by atoms with Crippen LogP contribution in [0.3, 0.4) is 0 Å². The Morgan fingerprint density at radius 1 is 1.39 bits per heavy atom. The summed E-state index contributed by atoms with van der Waals surface area (Å²) in [6.07, 6.45) is 0.917. The van der Waals surface area contributed by atoms with Crippen molar-refractivity contribution in [1.29, 1.82) is 0 Å². The normalized spacial score (nSPS) is 22.1.